The van der Waals surface area contributed by atoms with Crippen LogP contribution in [0.4, 0.5) is 0 Å². The van der Waals surface area contributed by atoms with Gasteiger partial charge in [-0.3, -0.25) is 4.79 Å². The number of allylic oxidation sites excluding steroid dienone is 21. The molecule has 1 unspecified atom stereocenters. The molecular weight excluding hydrogens is 512 g/mol. The Kier molecular flexibility index (Phi) is 13.2. The van der Waals surface area contributed by atoms with Gasteiger partial charge in [-0.25, -0.2) is 0 Å². The Morgan fingerprint density at radius 2 is 1.12 bits per heavy atom. The van der Waals surface area contributed by atoms with Gasteiger partial charge in [0.2, 0.25) is 0 Å². The van der Waals surface area contributed by atoms with E-state index in [1.54, 1.807) is 6.08 Å². The summed E-state index contributed by atoms with van der Waals surface area (Å²) in [5, 5.41) is 10.1. The number of hydrogen-bond donors (Lipinski definition) is 1. The van der Waals surface area contributed by atoms with E-state index in [1.807, 2.05) is 6.08 Å². The Labute approximate surface area is 256 Å². The number of hydrogen-bond acceptors (Lipinski definition) is 2. The van der Waals surface area contributed by atoms with Crippen LogP contribution in [0.5, 0.6) is 0 Å². The molecule has 0 fully saturated rings. The highest BCUT2D eigenvalue weighted by atomic mass is 16.3. The lowest BCUT2D eigenvalue weighted by Gasteiger charge is -2.38. The molecule has 42 heavy (non-hydrogen) atoms. The quantitative estimate of drug-likeness (QED) is 0.211. The predicted molar refractivity (Wildman–Crippen MR) is 183 cm³/mol. The molecule has 3 atom stereocenters. The lowest BCUT2D eigenvalue weighted by Crippen LogP contribution is -2.32. The van der Waals surface area contributed by atoms with E-state index in [4.69, 9.17) is 0 Å². The van der Waals surface area contributed by atoms with Crippen LogP contribution >= 0.6 is 0 Å². The highest BCUT2D eigenvalue weighted by molar-refractivity contribution is 5.92. The summed E-state index contributed by atoms with van der Waals surface area (Å²) in [6, 6.07) is 0. The molecule has 2 rings (SSSR count). The molecule has 0 amide bonds. The number of aliphatic hydroxyl groups is 1. The van der Waals surface area contributed by atoms with Gasteiger partial charge in [0.1, 0.15) is 0 Å². The zero-order valence-electron chi connectivity index (χ0n) is 27.7. The van der Waals surface area contributed by atoms with Gasteiger partial charge in [-0.05, 0) is 64.9 Å². The molecule has 0 aromatic heterocycles. The smallest absolute Gasteiger partial charge is 0.156 e. The van der Waals surface area contributed by atoms with Gasteiger partial charge >= 0.3 is 0 Å². The van der Waals surface area contributed by atoms with E-state index < -0.39 is 0 Å². The van der Waals surface area contributed by atoms with Crippen molar-refractivity contribution >= 4 is 5.78 Å². The van der Waals surface area contributed by atoms with Crippen molar-refractivity contribution in [2.75, 3.05) is 0 Å². The molecule has 0 aromatic carbocycles. The van der Waals surface area contributed by atoms with Crippen LogP contribution in [-0.4, -0.2) is 17.0 Å². The molecule has 0 bridgehead atoms. The normalized spacial score (nSPS) is 26.4. The second-order valence-electron chi connectivity index (χ2n) is 13.6. The van der Waals surface area contributed by atoms with Gasteiger partial charge in [0.15, 0.2) is 5.78 Å². The molecule has 0 aliphatic heterocycles. The first-order valence-electron chi connectivity index (χ1n) is 15.3. The summed E-state index contributed by atoms with van der Waals surface area (Å²) < 4.78 is 0. The van der Waals surface area contributed by atoms with Crippen molar-refractivity contribution in [3.05, 3.63) is 131 Å². The molecule has 2 aliphatic rings. The maximum Gasteiger partial charge on any atom is 0.156 e. The SMILES string of the molecule is CC1=CC(=O)CC(C)(C)[C@H]1/C=C/C(C)=C/C=C/C(C)=C/C=C/C=C(C)/C=C/C=C(C)/C=C/[C@H]1C(C)=CC(O)CC1(C)C. The van der Waals surface area contributed by atoms with Gasteiger partial charge in [-0.15, -0.1) is 0 Å². The molecule has 0 saturated heterocycles. The summed E-state index contributed by atoms with van der Waals surface area (Å²) in [5.41, 5.74) is 7.16. The van der Waals surface area contributed by atoms with E-state index in [-0.39, 0.29) is 28.6 Å². The standard InChI is InChI=1S/C40H54O2/c1-29(17-13-19-31(3)21-23-37-33(5)25-35(41)27-39(37,7)8)15-11-12-16-30(2)18-14-20-32(4)22-24-38-34(6)26-36(42)28-40(38,9)10/h11-26,35,37-38,41H,27-28H2,1-10H3/b12-11+,17-13+,18-14+,23-21+,24-22+,29-15+,30-16+,31-19+,32-20+/t35?,37-,38-/m0/s1. The van der Waals surface area contributed by atoms with E-state index >= 15 is 0 Å². The topological polar surface area (TPSA) is 37.3 Å². The van der Waals surface area contributed by atoms with E-state index in [9.17, 15) is 9.90 Å². The van der Waals surface area contributed by atoms with Crippen molar-refractivity contribution in [2.45, 2.75) is 88.2 Å². The summed E-state index contributed by atoms with van der Waals surface area (Å²) in [6.07, 6.45) is 34.8. The minimum Gasteiger partial charge on any atom is -0.389 e. The highest BCUT2D eigenvalue weighted by Gasteiger charge is 2.35. The highest BCUT2D eigenvalue weighted by Crippen LogP contribution is 2.42. The maximum absolute atomic E-state index is 11.9. The van der Waals surface area contributed by atoms with Crippen molar-refractivity contribution < 1.29 is 9.90 Å². The molecule has 0 radical (unpaired) electrons. The molecule has 226 valence electrons. The van der Waals surface area contributed by atoms with E-state index in [0.29, 0.717) is 12.3 Å². The summed E-state index contributed by atoms with van der Waals surface area (Å²) in [6.45, 7) is 21.4. The van der Waals surface area contributed by atoms with Crippen molar-refractivity contribution in [3.63, 3.8) is 0 Å². The molecule has 0 saturated carbocycles. The molecular formula is C40H54O2. The van der Waals surface area contributed by atoms with Crippen LogP contribution in [0.1, 0.15) is 82.1 Å². The average Bonchev–Trinajstić information content (AvgIpc) is 2.84. The van der Waals surface area contributed by atoms with Crippen molar-refractivity contribution in [1.82, 2.24) is 0 Å². The van der Waals surface area contributed by atoms with Gasteiger partial charge in [0.05, 0.1) is 6.10 Å². The van der Waals surface area contributed by atoms with Crippen LogP contribution in [0.25, 0.3) is 0 Å². The maximum atomic E-state index is 11.9. The Bertz CT molecular complexity index is 1300. The second-order valence-corrected chi connectivity index (χ2v) is 13.6. The summed E-state index contributed by atoms with van der Waals surface area (Å²) in [4.78, 5) is 11.9. The van der Waals surface area contributed by atoms with Crippen LogP contribution in [0, 0.1) is 22.7 Å². The van der Waals surface area contributed by atoms with Gasteiger partial charge < -0.3 is 5.11 Å². The van der Waals surface area contributed by atoms with Gasteiger partial charge in [0.25, 0.3) is 0 Å². The Balaban J connectivity index is 1.89. The molecule has 2 heteroatoms. The van der Waals surface area contributed by atoms with Gasteiger partial charge in [-0.2, -0.15) is 0 Å². The molecule has 0 aromatic rings. The lowest BCUT2D eigenvalue weighted by molar-refractivity contribution is -0.117. The van der Waals surface area contributed by atoms with Crippen molar-refractivity contribution in [2.24, 2.45) is 22.7 Å². The largest absolute Gasteiger partial charge is 0.389 e. The van der Waals surface area contributed by atoms with E-state index in [1.165, 1.54) is 27.9 Å². The minimum atomic E-state index is -0.333. The summed E-state index contributed by atoms with van der Waals surface area (Å²) in [7, 11) is 0. The monoisotopic (exact) mass is 566 g/mol. The lowest BCUT2D eigenvalue weighted by atomic mass is 9.67. The third-order valence-corrected chi connectivity index (χ3v) is 8.24. The molecule has 1 N–H and O–H groups in total. The molecule has 2 aliphatic carbocycles. The molecule has 0 heterocycles. The number of carbonyl (C=O) groups is 1. The van der Waals surface area contributed by atoms with Gasteiger partial charge in [0, 0.05) is 18.3 Å². The zero-order chi connectivity index (χ0) is 31.5. The van der Waals surface area contributed by atoms with Crippen LogP contribution in [0.15, 0.2) is 131 Å². The van der Waals surface area contributed by atoms with Gasteiger partial charge in [-0.1, -0.05) is 152 Å². The summed E-state index contributed by atoms with van der Waals surface area (Å²) in [5.74, 6) is 0.866. The first kappa shape index (κ1) is 35.0. The van der Waals surface area contributed by atoms with E-state index in [2.05, 4.69) is 154 Å². The third kappa shape index (κ3) is 11.6. The summed E-state index contributed by atoms with van der Waals surface area (Å²) >= 11 is 0. The van der Waals surface area contributed by atoms with Crippen molar-refractivity contribution in [1.29, 1.82) is 0 Å². The number of aliphatic hydroxyl groups excluding tert-OH is 1. The fourth-order valence-corrected chi connectivity index (χ4v) is 5.98. The predicted octanol–water partition coefficient (Wildman–Crippen LogP) is 10.5. The third-order valence-electron chi connectivity index (χ3n) is 8.24. The average molecular weight is 567 g/mol. The van der Waals surface area contributed by atoms with Crippen LogP contribution < -0.4 is 0 Å². The minimum absolute atomic E-state index is 0.0422. The fourth-order valence-electron chi connectivity index (χ4n) is 5.98. The van der Waals surface area contributed by atoms with Crippen LogP contribution in [0.2, 0.25) is 0 Å². The Morgan fingerprint density at radius 1 is 0.690 bits per heavy atom. The molecule has 2 nitrogen and oxygen atoms in total. The van der Waals surface area contributed by atoms with E-state index in [0.717, 1.165) is 12.0 Å². The fraction of sp³-hybridized carbons (Fsp3) is 0.425. The first-order valence-corrected chi connectivity index (χ1v) is 15.3. The zero-order valence-corrected chi connectivity index (χ0v) is 27.7. The molecule has 0 spiro atoms. The Hall–Kier alpha value is -3.23. The van der Waals surface area contributed by atoms with Crippen LogP contribution in [0.3, 0.4) is 0 Å². The number of rotatable bonds is 10. The van der Waals surface area contributed by atoms with Crippen LogP contribution in [-0.2, 0) is 4.79 Å². The number of carbonyl (C=O) groups excluding carboxylic acids is 1. The number of ketones is 1. The van der Waals surface area contributed by atoms with Crippen molar-refractivity contribution in [3.8, 4) is 0 Å². The second kappa shape index (κ2) is 15.8. The Morgan fingerprint density at radius 3 is 1.57 bits per heavy atom. The first-order chi connectivity index (χ1) is 19.6.